The van der Waals surface area contributed by atoms with Gasteiger partial charge in [0.25, 0.3) is 0 Å². The molecule has 70 heavy (non-hydrogen) atoms. The fraction of sp³-hybridized carbons (Fsp3) is 0.345. The Hall–Kier alpha value is -7.68. The summed E-state index contributed by atoms with van der Waals surface area (Å²) in [7, 11) is 0. The third-order valence-corrected chi connectivity index (χ3v) is 11.3. The second-order valence-corrected chi connectivity index (χ2v) is 18.2. The number of rotatable bonds is 17. The molecule has 0 unspecified atom stereocenters. The molecule has 6 amide bonds. The molecule has 6 rings (SSSR count). The summed E-state index contributed by atoms with van der Waals surface area (Å²) in [6, 6.07) is 36.7. The summed E-state index contributed by atoms with van der Waals surface area (Å²) >= 11 is 0. The third-order valence-electron chi connectivity index (χ3n) is 11.3. The average Bonchev–Trinajstić information content (AvgIpc) is 3.35. The normalized spacial score (nSPS) is 18.4. The summed E-state index contributed by atoms with van der Waals surface area (Å²) in [6.45, 7) is 5.98. The van der Waals surface area contributed by atoms with E-state index in [1.54, 1.807) is 24.3 Å². The van der Waals surface area contributed by atoms with Gasteiger partial charge in [0.05, 0.1) is 12.5 Å². The number of hydrogen-bond donors (Lipinski definition) is 6. The van der Waals surface area contributed by atoms with Crippen molar-refractivity contribution in [3.8, 4) is 5.75 Å². The lowest BCUT2D eigenvalue weighted by atomic mass is 9.97. The van der Waals surface area contributed by atoms with Crippen LogP contribution < -0.4 is 36.6 Å². The van der Waals surface area contributed by atoms with E-state index >= 15 is 0 Å². The molecule has 15 heteroatoms. The fourth-order valence-corrected chi connectivity index (χ4v) is 7.77. The molecule has 0 saturated heterocycles. The molecule has 5 aromatic rings. The SMILES string of the molecule is CC(C)(C)Oc1ccc(C[C@H]2NC(=O)CNC(=O)[C@H](Cc3ccc4ccccc4c3)NC(=O)[C@H](CCCNC(=O)OCc3ccccc3)/C=C/[C@H](CCCNC(=O)OCc3ccccc3)NC2=O)cc1. The number of carbonyl (C=O) groups excluding carboxylic acids is 6. The van der Waals surface area contributed by atoms with Gasteiger partial charge in [-0.25, -0.2) is 9.59 Å². The maximum atomic E-state index is 14.4. The Morgan fingerprint density at radius 2 is 1.13 bits per heavy atom. The lowest BCUT2D eigenvalue weighted by Crippen LogP contribution is -2.54. The Morgan fingerprint density at radius 3 is 1.76 bits per heavy atom. The standard InChI is InChI=1S/C55H64N6O9/c1-55(2,3)70-46-28-23-38(24-29-46)33-48-52(65)59-45(21-13-31-57-54(67)69-37-40-16-8-5-9-17-40)27-26-43(20-12-30-56-53(66)68-36-39-14-6-4-7-15-39)50(63)61-47(51(64)58-35-49(62)60-48)34-41-22-25-42-18-10-11-19-44(42)32-41/h4-11,14-19,22-29,32,43,45,47-48H,12-13,20-21,30-31,33-37H2,1-3H3,(H,56,66)(H,57,67)(H,58,64)(H,59,65)(H,60,62)(H,61,63)/b27-26+/t43-,45+,47+,48-/m1/s1. The van der Waals surface area contributed by atoms with Crippen molar-refractivity contribution in [3.63, 3.8) is 0 Å². The first-order valence-electron chi connectivity index (χ1n) is 23.8. The molecule has 0 spiro atoms. The van der Waals surface area contributed by atoms with Crippen molar-refractivity contribution < 1.29 is 43.0 Å². The van der Waals surface area contributed by atoms with Crippen molar-refractivity contribution in [2.24, 2.45) is 5.92 Å². The van der Waals surface area contributed by atoms with E-state index in [2.05, 4.69) is 31.9 Å². The van der Waals surface area contributed by atoms with Gasteiger partial charge in [0.1, 0.15) is 36.6 Å². The Balaban J connectivity index is 1.23. The minimum atomic E-state index is -1.08. The van der Waals surface area contributed by atoms with Crippen LogP contribution >= 0.6 is 0 Å². The molecule has 15 nitrogen and oxygen atoms in total. The fourth-order valence-electron chi connectivity index (χ4n) is 7.77. The Morgan fingerprint density at radius 1 is 0.571 bits per heavy atom. The number of benzene rings is 5. The monoisotopic (exact) mass is 952 g/mol. The highest BCUT2D eigenvalue weighted by molar-refractivity contribution is 5.94. The number of alkyl carbamates (subject to hydrolysis) is 2. The van der Waals surface area contributed by atoms with Crippen molar-refractivity contribution >= 4 is 46.6 Å². The molecule has 1 aliphatic rings. The molecule has 5 aromatic carbocycles. The van der Waals surface area contributed by atoms with Crippen LogP contribution in [0.15, 0.2) is 140 Å². The molecule has 0 fully saturated rings. The van der Waals surface area contributed by atoms with Crippen LogP contribution in [0.25, 0.3) is 10.8 Å². The zero-order valence-electron chi connectivity index (χ0n) is 40.0. The van der Waals surface area contributed by atoms with Gasteiger partial charge < -0.3 is 46.1 Å². The molecule has 4 atom stereocenters. The largest absolute Gasteiger partial charge is 0.488 e. The van der Waals surface area contributed by atoms with Crippen LogP contribution in [0, 0.1) is 5.92 Å². The lowest BCUT2D eigenvalue weighted by molar-refractivity contribution is -0.132. The average molecular weight is 953 g/mol. The van der Waals surface area contributed by atoms with Crippen LogP contribution in [-0.2, 0) is 54.7 Å². The van der Waals surface area contributed by atoms with Crippen LogP contribution in [0.1, 0.15) is 68.7 Å². The van der Waals surface area contributed by atoms with Crippen molar-refractivity contribution in [2.45, 2.75) is 96.2 Å². The molecule has 1 aliphatic heterocycles. The highest BCUT2D eigenvalue weighted by Gasteiger charge is 2.29. The van der Waals surface area contributed by atoms with E-state index in [1.165, 1.54) is 0 Å². The summed E-state index contributed by atoms with van der Waals surface area (Å²) in [5, 5.41) is 19.0. The first-order chi connectivity index (χ1) is 33.8. The lowest BCUT2D eigenvalue weighted by Gasteiger charge is -2.23. The first kappa shape index (κ1) is 51.7. The second kappa shape index (κ2) is 26.2. The molecular weight excluding hydrogens is 889 g/mol. The summed E-state index contributed by atoms with van der Waals surface area (Å²) < 4.78 is 16.7. The number of hydrogen-bond acceptors (Lipinski definition) is 9. The van der Waals surface area contributed by atoms with Crippen molar-refractivity contribution in [3.05, 3.63) is 162 Å². The summed E-state index contributed by atoms with van der Waals surface area (Å²) in [5.41, 5.74) is 2.79. The molecule has 1 heterocycles. The van der Waals surface area contributed by atoms with Gasteiger partial charge in [-0.1, -0.05) is 127 Å². The van der Waals surface area contributed by atoms with Crippen molar-refractivity contribution in [1.29, 1.82) is 0 Å². The van der Waals surface area contributed by atoms with Gasteiger partial charge >= 0.3 is 12.2 Å². The van der Waals surface area contributed by atoms with E-state index < -0.39 is 72.0 Å². The maximum absolute atomic E-state index is 14.4. The predicted octanol–water partition coefficient (Wildman–Crippen LogP) is 6.97. The highest BCUT2D eigenvalue weighted by atomic mass is 16.6. The summed E-state index contributed by atoms with van der Waals surface area (Å²) in [6.07, 6.45) is 3.79. The number of ether oxygens (including phenoxy) is 3. The zero-order valence-corrected chi connectivity index (χ0v) is 40.0. The van der Waals surface area contributed by atoms with Gasteiger partial charge in [-0.2, -0.15) is 0 Å². The molecule has 0 saturated carbocycles. The predicted molar refractivity (Wildman–Crippen MR) is 267 cm³/mol. The molecule has 368 valence electrons. The van der Waals surface area contributed by atoms with Crippen molar-refractivity contribution in [1.82, 2.24) is 31.9 Å². The van der Waals surface area contributed by atoms with Gasteiger partial charge in [0.15, 0.2) is 0 Å². The van der Waals surface area contributed by atoms with E-state index in [0.29, 0.717) is 25.0 Å². The molecular formula is C55H64N6O9. The van der Waals surface area contributed by atoms with Crippen molar-refractivity contribution in [2.75, 3.05) is 19.6 Å². The number of carbonyl (C=O) groups is 6. The van der Waals surface area contributed by atoms with Gasteiger partial charge in [-0.05, 0) is 91.6 Å². The van der Waals surface area contributed by atoms with Gasteiger partial charge in [-0.3, -0.25) is 19.2 Å². The zero-order chi connectivity index (χ0) is 49.7. The topological polar surface area (TPSA) is 202 Å². The number of fused-ring (bicyclic) bond motifs is 1. The molecule has 0 radical (unpaired) electrons. The first-order valence-corrected chi connectivity index (χ1v) is 23.8. The Bertz CT molecular complexity index is 2550. The van der Waals surface area contributed by atoms with E-state index in [1.807, 2.05) is 136 Å². The Kier molecular flexibility index (Phi) is 19.3. The molecule has 0 aromatic heterocycles. The van der Waals surface area contributed by atoms with Gasteiger partial charge in [0, 0.05) is 32.0 Å². The van der Waals surface area contributed by atoms with Crippen LogP contribution in [-0.4, -0.2) is 79.2 Å². The number of amides is 6. The van der Waals surface area contributed by atoms with Crippen LogP contribution in [0.3, 0.4) is 0 Å². The molecule has 0 bridgehead atoms. The third kappa shape index (κ3) is 17.8. The van der Waals surface area contributed by atoms with Crippen LogP contribution in [0.5, 0.6) is 5.75 Å². The minimum absolute atomic E-state index is 0.0965. The van der Waals surface area contributed by atoms with E-state index in [4.69, 9.17) is 14.2 Å². The number of nitrogens with one attached hydrogen (secondary N) is 6. The van der Waals surface area contributed by atoms with E-state index in [9.17, 15) is 28.8 Å². The smallest absolute Gasteiger partial charge is 0.407 e. The quantitative estimate of drug-likeness (QED) is 0.0421. The summed E-state index contributed by atoms with van der Waals surface area (Å²) in [4.78, 5) is 81.6. The van der Waals surface area contributed by atoms with E-state index in [-0.39, 0.29) is 45.6 Å². The highest BCUT2D eigenvalue weighted by Crippen LogP contribution is 2.21. The Labute approximate surface area is 409 Å². The molecule has 0 aliphatic carbocycles. The van der Waals surface area contributed by atoms with Crippen LogP contribution in [0.2, 0.25) is 0 Å². The second-order valence-electron chi connectivity index (χ2n) is 18.2. The maximum Gasteiger partial charge on any atom is 0.407 e. The summed E-state index contributed by atoms with van der Waals surface area (Å²) in [5.74, 6) is -2.33. The van der Waals surface area contributed by atoms with Crippen LogP contribution in [0.4, 0.5) is 9.59 Å². The van der Waals surface area contributed by atoms with E-state index in [0.717, 1.165) is 33.0 Å². The molecule has 6 N–H and O–H groups in total. The van der Waals surface area contributed by atoms with Gasteiger partial charge in [0.2, 0.25) is 23.6 Å². The van der Waals surface area contributed by atoms with Gasteiger partial charge in [-0.15, -0.1) is 0 Å². The minimum Gasteiger partial charge on any atom is -0.488 e.